The highest BCUT2D eigenvalue weighted by Gasteiger charge is 2.14. The van der Waals surface area contributed by atoms with Crippen LogP contribution < -0.4 is 14.3 Å². The summed E-state index contributed by atoms with van der Waals surface area (Å²) in [6.45, 7) is 0. The first-order valence-electron chi connectivity index (χ1n) is 7.05. The number of thiazole rings is 1. The fourth-order valence-corrected chi connectivity index (χ4v) is 4.59. The van der Waals surface area contributed by atoms with Gasteiger partial charge >= 0.3 is 0 Å². The summed E-state index contributed by atoms with van der Waals surface area (Å²) in [5, 5.41) is 0. The zero-order valence-electron chi connectivity index (χ0n) is 13.3. The van der Waals surface area contributed by atoms with Crippen molar-refractivity contribution < 1.29 is 14.3 Å². The summed E-state index contributed by atoms with van der Waals surface area (Å²) in [6, 6.07) is 7.31. The monoisotopic (exact) mass is 382 g/mol. The molecular weight excluding hydrogens is 368 g/mol. The van der Waals surface area contributed by atoms with Gasteiger partial charge in [-0.05, 0) is 24.3 Å². The number of rotatable bonds is 4. The molecule has 0 saturated carbocycles. The molecule has 0 spiro atoms. The van der Waals surface area contributed by atoms with Crippen molar-refractivity contribution in [2.75, 3.05) is 14.2 Å². The maximum absolute atomic E-state index is 12.3. The molecule has 0 bridgehead atoms. The number of amides is 1. The molecule has 0 aliphatic heterocycles. The quantitative estimate of drug-likeness (QED) is 0.692. The third-order valence-corrected chi connectivity index (χ3v) is 5.87. The third kappa shape index (κ3) is 3.19. The number of ether oxygens (including phenoxy) is 2. The molecule has 0 saturated heterocycles. The molecule has 2 heterocycles. The highest BCUT2D eigenvalue weighted by Crippen LogP contribution is 2.34. The Hall–Kier alpha value is -1.83. The van der Waals surface area contributed by atoms with Crippen molar-refractivity contribution in [3.63, 3.8) is 0 Å². The average Bonchev–Trinajstić information content (AvgIpc) is 3.11. The largest absolute Gasteiger partial charge is 0.495 e. The van der Waals surface area contributed by atoms with Crippen LogP contribution >= 0.6 is 34.3 Å². The predicted molar refractivity (Wildman–Crippen MR) is 97.5 cm³/mol. The van der Waals surface area contributed by atoms with Crippen LogP contribution in [0.5, 0.6) is 11.5 Å². The van der Waals surface area contributed by atoms with E-state index in [-0.39, 0.29) is 12.3 Å². The van der Waals surface area contributed by atoms with Gasteiger partial charge in [0.1, 0.15) is 21.7 Å². The van der Waals surface area contributed by atoms with Gasteiger partial charge in [0.25, 0.3) is 5.91 Å². The number of benzene rings is 1. The molecule has 1 amide bonds. The molecule has 0 N–H and O–H groups in total. The molecule has 24 heavy (non-hydrogen) atoms. The second-order valence-electron chi connectivity index (χ2n) is 4.98. The van der Waals surface area contributed by atoms with E-state index in [9.17, 15) is 4.79 Å². The minimum atomic E-state index is -0.214. The summed E-state index contributed by atoms with van der Waals surface area (Å²) in [5.74, 6) is 1.22. The van der Waals surface area contributed by atoms with E-state index in [4.69, 9.17) is 21.1 Å². The Balaban J connectivity index is 2.05. The normalized spacial score (nSPS) is 11.9. The van der Waals surface area contributed by atoms with Crippen LogP contribution in [0.2, 0.25) is 4.34 Å². The summed E-state index contributed by atoms with van der Waals surface area (Å²) in [4.78, 5) is 18.0. The number of nitrogens with zero attached hydrogens (tertiary/aromatic N) is 2. The maximum atomic E-state index is 12.3. The highest BCUT2D eigenvalue weighted by molar-refractivity contribution is 7.17. The Labute approximate surface area is 151 Å². The SMILES string of the molecule is COc1ccc(OC)c2c1sc(=NC(=O)Cc1ccc(Cl)s1)n2C. The summed E-state index contributed by atoms with van der Waals surface area (Å²) in [6.07, 6.45) is 0.236. The molecule has 5 nitrogen and oxygen atoms in total. The summed E-state index contributed by atoms with van der Waals surface area (Å²) in [5.41, 5.74) is 0.854. The number of fused-ring (bicyclic) bond motifs is 1. The molecule has 1 aromatic carbocycles. The van der Waals surface area contributed by atoms with Crippen LogP contribution in [0.25, 0.3) is 10.2 Å². The number of carbonyl (C=O) groups is 1. The number of aromatic nitrogens is 1. The van der Waals surface area contributed by atoms with E-state index in [1.807, 2.05) is 29.8 Å². The zero-order valence-corrected chi connectivity index (χ0v) is 15.7. The number of aryl methyl sites for hydroxylation is 1. The summed E-state index contributed by atoms with van der Waals surface area (Å²) < 4.78 is 14.2. The zero-order chi connectivity index (χ0) is 17.3. The number of halogens is 1. The van der Waals surface area contributed by atoms with E-state index >= 15 is 0 Å². The van der Waals surface area contributed by atoms with E-state index in [0.717, 1.165) is 20.8 Å². The van der Waals surface area contributed by atoms with Crippen molar-refractivity contribution in [3.05, 3.63) is 38.3 Å². The van der Waals surface area contributed by atoms with Crippen LogP contribution in [0.4, 0.5) is 0 Å². The lowest BCUT2D eigenvalue weighted by atomic mass is 10.3. The van der Waals surface area contributed by atoms with Crippen LogP contribution in [-0.2, 0) is 18.3 Å². The Morgan fingerprint density at radius 2 is 1.88 bits per heavy atom. The van der Waals surface area contributed by atoms with E-state index in [1.54, 1.807) is 20.3 Å². The molecule has 0 atom stereocenters. The van der Waals surface area contributed by atoms with Crippen LogP contribution in [-0.4, -0.2) is 24.7 Å². The number of hydrogen-bond acceptors (Lipinski definition) is 5. The lowest BCUT2D eigenvalue weighted by molar-refractivity contribution is -0.117. The molecule has 0 fully saturated rings. The van der Waals surface area contributed by atoms with Crippen LogP contribution in [0.1, 0.15) is 4.88 Å². The van der Waals surface area contributed by atoms with Gasteiger partial charge in [0.05, 0.1) is 25.0 Å². The molecule has 2 aromatic heterocycles. The van der Waals surface area contributed by atoms with Crippen molar-refractivity contribution in [3.8, 4) is 11.5 Å². The topological polar surface area (TPSA) is 52.8 Å². The van der Waals surface area contributed by atoms with Crippen LogP contribution in [0, 0.1) is 0 Å². The van der Waals surface area contributed by atoms with Gasteiger partial charge in [0.2, 0.25) is 0 Å². The minimum absolute atomic E-state index is 0.214. The smallest absolute Gasteiger partial charge is 0.253 e. The second-order valence-corrected chi connectivity index (χ2v) is 7.76. The lowest BCUT2D eigenvalue weighted by Gasteiger charge is -2.06. The molecule has 0 aliphatic rings. The lowest BCUT2D eigenvalue weighted by Crippen LogP contribution is -2.14. The number of carbonyl (C=O) groups excluding carboxylic acids is 1. The third-order valence-electron chi connectivity index (χ3n) is 3.49. The number of methoxy groups -OCH3 is 2. The summed E-state index contributed by atoms with van der Waals surface area (Å²) >= 11 is 8.68. The predicted octanol–water partition coefficient (Wildman–Crippen LogP) is 3.64. The molecule has 3 rings (SSSR count). The van der Waals surface area contributed by atoms with E-state index < -0.39 is 0 Å². The van der Waals surface area contributed by atoms with Gasteiger partial charge in [-0.15, -0.1) is 11.3 Å². The second kappa shape index (κ2) is 6.96. The fraction of sp³-hybridized carbons (Fsp3) is 0.250. The minimum Gasteiger partial charge on any atom is -0.495 e. The summed E-state index contributed by atoms with van der Waals surface area (Å²) in [7, 11) is 5.08. The molecule has 0 radical (unpaired) electrons. The van der Waals surface area contributed by atoms with E-state index in [0.29, 0.717) is 14.9 Å². The van der Waals surface area contributed by atoms with E-state index in [1.165, 1.54) is 22.7 Å². The maximum Gasteiger partial charge on any atom is 0.253 e. The standard InChI is InChI=1S/C16H15ClN2O3S2/c1-19-14-10(21-2)5-6-11(22-3)15(14)24-16(19)18-13(20)8-9-4-7-12(17)23-9/h4-7H,8H2,1-3H3. The molecule has 3 aromatic rings. The van der Waals surface area contributed by atoms with Gasteiger partial charge in [-0.2, -0.15) is 4.99 Å². The van der Waals surface area contributed by atoms with Crippen molar-refractivity contribution in [2.45, 2.75) is 6.42 Å². The fourth-order valence-electron chi connectivity index (χ4n) is 2.37. The van der Waals surface area contributed by atoms with Crippen LogP contribution in [0.15, 0.2) is 29.3 Å². The van der Waals surface area contributed by atoms with E-state index in [2.05, 4.69) is 4.99 Å². The van der Waals surface area contributed by atoms with Crippen molar-refractivity contribution >= 4 is 50.4 Å². The van der Waals surface area contributed by atoms with Gasteiger partial charge < -0.3 is 14.0 Å². The molecule has 0 aliphatic carbocycles. The first-order chi connectivity index (χ1) is 11.5. The Morgan fingerprint density at radius 3 is 2.50 bits per heavy atom. The first-order valence-corrected chi connectivity index (χ1v) is 9.07. The Morgan fingerprint density at radius 1 is 1.17 bits per heavy atom. The highest BCUT2D eigenvalue weighted by atomic mass is 35.5. The first kappa shape index (κ1) is 17.0. The van der Waals surface area contributed by atoms with Crippen molar-refractivity contribution in [2.24, 2.45) is 12.0 Å². The van der Waals surface area contributed by atoms with Gasteiger partial charge in [-0.25, -0.2) is 0 Å². The van der Waals surface area contributed by atoms with Crippen molar-refractivity contribution in [1.82, 2.24) is 4.57 Å². The average molecular weight is 383 g/mol. The van der Waals surface area contributed by atoms with Gasteiger partial charge in [0.15, 0.2) is 4.80 Å². The Kier molecular flexibility index (Phi) is 4.93. The Bertz CT molecular complexity index is 972. The van der Waals surface area contributed by atoms with Crippen molar-refractivity contribution in [1.29, 1.82) is 0 Å². The number of thiophene rings is 1. The van der Waals surface area contributed by atoms with Gasteiger partial charge in [-0.3, -0.25) is 4.79 Å². The van der Waals surface area contributed by atoms with Crippen LogP contribution in [0.3, 0.4) is 0 Å². The van der Waals surface area contributed by atoms with Gasteiger partial charge in [0, 0.05) is 11.9 Å². The molecular formula is C16H15ClN2O3S2. The molecule has 0 unspecified atom stereocenters. The molecule has 8 heteroatoms. The molecule has 126 valence electrons. The number of hydrogen-bond donors (Lipinski definition) is 0. The van der Waals surface area contributed by atoms with Gasteiger partial charge in [-0.1, -0.05) is 22.9 Å².